The molecule has 102 valence electrons. The Balaban J connectivity index is 1.91. The summed E-state index contributed by atoms with van der Waals surface area (Å²) < 4.78 is 5.12. The van der Waals surface area contributed by atoms with Gasteiger partial charge in [0.15, 0.2) is 0 Å². The predicted octanol–water partition coefficient (Wildman–Crippen LogP) is 0.221. The van der Waals surface area contributed by atoms with Crippen molar-refractivity contribution in [3.63, 3.8) is 0 Å². The molecule has 0 spiro atoms. The Bertz CT molecular complexity index is 512. The lowest BCUT2D eigenvalue weighted by Gasteiger charge is -2.21. The van der Waals surface area contributed by atoms with Gasteiger partial charge in [-0.25, -0.2) is 0 Å². The van der Waals surface area contributed by atoms with E-state index in [-0.39, 0.29) is 24.7 Å². The zero-order valence-electron chi connectivity index (χ0n) is 10.4. The highest BCUT2D eigenvalue weighted by Crippen LogP contribution is 2.24. The van der Waals surface area contributed by atoms with Crippen LogP contribution in [0.4, 0.5) is 0 Å². The Morgan fingerprint density at radius 2 is 2.37 bits per heavy atom. The molecule has 1 aliphatic rings. The van der Waals surface area contributed by atoms with Crippen LogP contribution >= 0.6 is 11.3 Å². The molecule has 1 aromatic heterocycles. The molecule has 1 saturated heterocycles. The summed E-state index contributed by atoms with van der Waals surface area (Å²) in [6, 6.07) is 1.16. The van der Waals surface area contributed by atoms with Crippen LogP contribution in [0.5, 0.6) is 5.75 Å². The van der Waals surface area contributed by atoms with Crippen molar-refractivity contribution in [2.75, 3.05) is 7.11 Å². The maximum atomic E-state index is 11.8. The van der Waals surface area contributed by atoms with E-state index in [4.69, 9.17) is 4.74 Å². The molecule has 2 heterocycles. The highest BCUT2D eigenvalue weighted by atomic mass is 32.1. The lowest BCUT2D eigenvalue weighted by molar-refractivity contribution is -0.137. The molecule has 1 unspecified atom stereocenters. The number of piperidine rings is 1. The van der Waals surface area contributed by atoms with Gasteiger partial charge in [-0.2, -0.15) is 0 Å². The van der Waals surface area contributed by atoms with Crippen LogP contribution in [0.15, 0.2) is 11.4 Å². The molecule has 0 saturated carbocycles. The largest absolute Gasteiger partial charge is 0.496 e. The van der Waals surface area contributed by atoms with Crippen molar-refractivity contribution in [3.05, 3.63) is 16.3 Å². The molecule has 1 aliphatic heterocycles. The Morgan fingerprint density at radius 1 is 1.58 bits per heavy atom. The minimum atomic E-state index is -0.629. The van der Waals surface area contributed by atoms with E-state index in [0.717, 1.165) is 4.88 Å². The predicted molar refractivity (Wildman–Crippen MR) is 68.9 cm³/mol. The van der Waals surface area contributed by atoms with Crippen LogP contribution in [0, 0.1) is 0 Å². The Morgan fingerprint density at radius 3 is 3.05 bits per heavy atom. The number of carbonyl (C=O) groups excluding carboxylic acids is 3. The molecule has 1 aromatic rings. The summed E-state index contributed by atoms with van der Waals surface area (Å²) in [7, 11) is 1.55. The number of rotatable bonds is 4. The van der Waals surface area contributed by atoms with Crippen molar-refractivity contribution in [1.82, 2.24) is 10.6 Å². The number of methoxy groups -OCH3 is 1. The minimum Gasteiger partial charge on any atom is -0.496 e. The van der Waals surface area contributed by atoms with Gasteiger partial charge in [0.25, 0.3) is 0 Å². The highest BCUT2D eigenvalue weighted by Gasteiger charge is 2.27. The zero-order valence-corrected chi connectivity index (χ0v) is 11.2. The first-order valence-electron chi connectivity index (χ1n) is 5.83. The number of hydrogen-bond donors (Lipinski definition) is 2. The molecule has 3 amide bonds. The fourth-order valence-electron chi connectivity index (χ4n) is 1.86. The Hall–Kier alpha value is -1.89. The summed E-state index contributed by atoms with van der Waals surface area (Å²) in [5.74, 6) is -0.322. The first kappa shape index (κ1) is 13.5. The summed E-state index contributed by atoms with van der Waals surface area (Å²) in [6.07, 6.45) is 0.759. The van der Waals surface area contributed by atoms with Crippen LogP contribution in [-0.4, -0.2) is 30.9 Å². The van der Waals surface area contributed by atoms with Gasteiger partial charge in [0.05, 0.1) is 18.4 Å². The molecule has 1 fully saturated rings. The molecule has 19 heavy (non-hydrogen) atoms. The van der Waals surface area contributed by atoms with Gasteiger partial charge >= 0.3 is 0 Å². The van der Waals surface area contributed by atoms with Crippen molar-refractivity contribution in [2.24, 2.45) is 0 Å². The Labute approximate surface area is 114 Å². The first-order valence-corrected chi connectivity index (χ1v) is 6.71. The average molecular weight is 282 g/mol. The van der Waals surface area contributed by atoms with E-state index >= 15 is 0 Å². The lowest BCUT2D eigenvalue weighted by Crippen LogP contribution is -2.52. The molecule has 2 rings (SSSR count). The van der Waals surface area contributed by atoms with Crippen LogP contribution in [-0.2, 0) is 20.8 Å². The Kier molecular flexibility index (Phi) is 4.16. The van der Waals surface area contributed by atoms with Crippen molar-refractivity contribution in [2.45, 2.75) is 25.3 Å². The SMILES string of the molecule is COc1ccsc1CC(=O)NC1CCC(=O)NC1=O. The smallest absolute Gasteiger partial charge is 0.249 e. The molecule has 0 aromatic carbocycles. The fraction of sp³-hybridized carbons (Fsp3) is 0.417. The van der Waals surface area contributed by atoms with Crippen molar-refractivity contribution < 1.29 is 19.1 Å². The van der Waals surface area contributed by atoms with Gasteiger partial charge in [-0.05, 0) is 17.9 Å². The molecule has 7 heteroatoms. The third-order valence-corrected chi connectivity index (χ3v) is 3.72. The van der Waals surface area contributed by atoms with Crippen molar-refractivity contribution >= 4 is 29.1 Å². The van der Waals surface area contributed by atoms with E-state index in [1.165, 1.54) is 11.3 Å². The van der Waals surface area contributed by atoms with Crippen LogP contribution in [0.2, 0.25) is 0 Å². The number of carbonyl (C=O) groups is 3. The molecule has 0 radical (unpaired) electrons. The van der Waals surface area contributed by atoms with Gasteiger partial charge < -0.3 is 10.1 Å². The number of amides is 3. The van der Waals surface area contributed by atoms with Crippen LogP contribution in [0.25, 0.3) is 0 Å². The van der Waals surface area contributed by atoms with Gasteiger partial charge in [0.1, 0.15) is 11.8 Å². The standard InChI is InChI=1S/C12H14N2O4S/c1-18-8-4-5-19-9(8)6-11(16)13-7-2-3-10(15)14-12(7)17/h4-5,7H,2-3,6H2,1H3,(H,13,16)(H,14,15,17). The normalized spacial score (nSPS) is 18.9. The van der Waals surface area contributed by atoms with Crippen LogP contribution in [0.3, 0.4) is 0 Å². The zero-order chi connectivity index (χ0) is 13.8. The summed E-state index contributed by atoms with van der Waals surface area (Å²) in [4.78, 5) is 35.1. The van der Waals surface area contributed by atoms with E-state index in [9.17, 15) is 14.4 Å². The number of thiophene rings is 1. The average Bonchev–Trinajstić information content (AvgIpc) is 2.80. The molecule has 1 atom stereocenters. The monoisotopic (exact) mass is 282 g/mol. The summed E-state index contributed by atoms with van der Waals surface area (Å²) >= 11 is 1.43. The number of ether oxygens (including phenoxy) is 1. The third kappa shape index (κ3) is 3.31. The van der Waals surface area contributed by atoms with Crippen molar-refractivity contribution in [1.29, 1.82) is 0 Å². The van der Waals surface area contributed by atoms with E-state index in [1.54, 1.807) is 13.2 Å². The lowest BCUT2D eigenvalue weighted by atomic mass is 10.1. The number of imide groups is 1. The molecule has 2 N–H and O–H groups in total. The second-order valence-corrected chi connectivity index (χ2v) is 5.16. The molecule has 6 nitrogen and oxygen atoms in total. The topological polar surface area (TPSA) is 84.5 Å². The molecule has 0 bridgehead atoms. The maximum absolute atomic E-state index is 11.8. The second kappa shape index (κ2) is 5.83. The van der Waals surface area contributed by atoms with Gasteiger partial charge in [-0.1, -0.05) is 0 Å². The van der Waals surface area contributed by atoms with E-state index in [1.807, 2.05) is 5.38 Å². The minimum absolute atomic E-state index is 0.165. The highest BCUT2D eigenvalue weighted by molar-refractivity contribution is 7.10. The van der Waals surface area contributed by atoms with Crippen LogP contribution in [0.1, 0.15) is 17.7 Å². The fourth-order valence-corrected chi connectivity index (χ4v) is 2.70. The van der Waals surface area contributed by atoms with Gasteiger partial charge in [0.2, 0.25) is 17.7 Å². The molecule has 0 aliphatic carbocycles. The number of hydrogen-bond acceptors (Lipinski definition) is 5. The van der Waals surface area contributed by atoms with E-state index in [0.29, 0.717) is 12.2 Å². The maximum Gasteiger partial charge on any atom is 0.249 e. The summed E-state index contributed by atoms with van der Waals surface area (Å²) in [5, 5.41) is 6.67. The van der Waals surface area contributed by atoms with Crippen LogP contribution < -0.4 is 15.4 Å². The first-order chi connectivity index (χ1) is 9.10. The van der Waals surface area contributed by atoms with E-state index < -0.39 is 11.9 Å². The van der Waals surface area contributed by atoms with Gasteiger partial charge in [0, 0.05) is 6.42 Å². The molecular weight excluding hydrogens is 268 g/mol. The van der Waals surface area contributed by atoms with Gasteiger partial charge in [-0.3, -0.25) is 19.7 Å². The molecular formula is C12H14N2O4S. The summed E-state index contributed by atoms with van der Waals surface area (Å²) in [6.45, 7) is 0. The van der Waals surface area contributed by atoms with Gasteiger partial charge in [-0.15, -0.1) is 11.3 Å². The summed E-state index contributed by atoms with van der Waals surface area (Å²) in [5.41, 5.74) is 0. The third-order valence-electron chi connectivity index (χ3n) is 2.82. The quantitative estimate of drug-likeness (QED) is 0.774. The van der Waals surface area contributed by atoms with Crippen molar-refractivity contribution in [3.8, 4) is 5.75 Å². The number of nitrogens with one attached hydrogen (secondary N) is 2. The second-order valence-electron chi connectivity index (χ2n) is 4.16. The van der Waals surface area contributed by atoms with E-state index in [2.05, 4.69) is 10.6 Å².